The van der Waals surface area contributed by atoms with Crippen molar-refractivity contribution in [2.45, 2.75) is 50.3 Å². The summed E-state index contributed by atoms with van der Waals surface area (Å²) in [5.41, 5.74) is 2.21. The molecule has 1 saturated carbocycles. The normalized spacial score (nSPS) is 20.2. The van der Waals surface area contributed by atoms with Crippen LogP contribution in [0.15, 0.2) is 24.3 Å². The Bertz CT molecular complexity index is 736. The third-order valence-corrected chi connectivity index (χ3v) is 8.04. The maximum Gasteiger partial charge on any atom is 0.221 e. The molecule has 1 N–H and O–H groups in total. The molecule has 1 atom stereocenters. The van der Waals surface area contributed by atoms with Crippen LogP contribution < -0.4 is 5.32 Å². The van der Waals surface area contributed by atoms with Crippen molar-refractivity contribution in [3.8, 4) is 0 Å². The van der Waals surface area contributed by atoms with E-state index in [9.17, 15) is 13.2 Å². The van der Waals surface area contributed by atoms with E-state index in [1.54, 1.807) is 0 Å². The van der Waals surface area contributed by atoms with E-state index in [1.807, 2.05) is 31.2 Å². The molecule has 28 heavy (non-hydrogen) atoms. The molecule has 2 fully saturated rings. The summed E-state index contributed by atoms with van der Waals surface area (Å²) < 4.78 is 30.3. The Morgan fingerprint density at radius 3 is 2.46 bits per heavy atom. The largest absolute Gasteiger partial charge is 0.379 e. The number of carbonyl (C=O) groups excluding carboxylic acids is 1. The second kappa shape index (κ2) is 9.85. The molecule has 6 nitrogen and oxygen atoms in total. The van der Waals surface area contributed by atoms with Gasteiger partial charge in [-0.3, -0.25) is 9.69 Å². The summed E-state index contributed by atoms with van der Waals surface area (Å²) in [6.07, 6.45) is 3.47. The standard InChI is InChI=1S/C21H32N2O4S/c1-17-6-8-18(9-7-17)20(16-23-11-13-27-14-12-23)22-21(24)10-15-28(25,26)19-4-2-3-5-19/h6-9,19-20H,2-5,10-16H2,1H3,(H,22,24)/t20-/m1/s1. The van der Waals surface area contributed by atoms with Crippen LogP contribution in [0.25, 0.3) is 0 Å². The molecule has 0 aromatic heterocycles. The second-order valence-electron chi connectivity index (χ2n) is 7.97. The topological polar surface area (TPSA) is 75.7 Å². The lowest BCUT2D eigenvalue weighted by molar-refractivity contribution is -0.121. The summed E-state index contributed by atoms with van der Waals surface area (Å²) in [5.74, 6) is -0.248. The maximum atomic E-state index is 12.6. The molecule has 156 valence electrons. The third kappa shape index (κ3) is 6.03. The van der Waals surface area contributed by atoms with Crippen molar-refractivity contribution in [2.24, 2.45) is 0 Å². The van der Waals surface area contributed by atoms with Crippen LogP contribution in [-0.2, 0) is 19.4 Å². The number of amides is 1. The Morgan fingerprint density at radius 1 is 1.18 bits per heavy atom. The molecule has 1 amide bonds. The van der Waals surface area contributed by atoms with Crippen LogP contribution in [-0.4, -0.2) is 63.1 Å². The van der Waals surface area contributed by atoms with Crippen molar-refractivity contribution in [3.05, 3.63) is 35.4 Å². The van der Waals surface area contributed by atoms with E-state index in [4.69, 9.17) is 4.74 Å². The fourth-order valence-corrected chi connectivity index (χ4v) is 5.85. The minimum atomic E-state index is -3.18. The smallest absolute Gasteiger partial charge is 0.221 e. The van der Waals surface area contributed by atoms with Gasteiger partial charge in [0.25, 0.3) is 0 Å². The summed E-state index contributed by atoms with van der Waals surface area (Å²) in [6.45, 7) is 5.83. The van der Waals surface area contributed by atoms with Crippen molar-refractivity contribution in [1.82, 2.24) is 10.2 Å². The molecule has 0 bridgehead atoms. The van der Waals surface area contributed by atoms with Gasteiger partial charge in [-0.2, -0.15) is 0 Å². The number of hydrogen-bond donors (Lipinski definition) is 1. The zero-order valence-electron chi connectivity index (χ0n) is 16.7. The highest BCUT2D eigenvalue weighted by atomic mass is 32.2. The molecule has 0 unspecified atom stereocenters. The van der Waals surface area contributed by atoms with Gasteiger partial charge in [0.1, 0.15) is 0 Å². The molecule has 2 aliphatic rings. The zero-order chi connectivity index (χ0) is 20.0. The van der Waals surface area contributed by atoms with E-state index in [0.717, 1.165) is 44.3 Å². The lowest BCUT2D eigenvalue weighted by atomic mass is 10.0. The highest BCUT2D eigenvalue weighted by Crippen LogP contribution is 2.25. The van der Waals surface area contributed by atoms with E-state index < -0.39 is 9.84 Å². The molecule has 1 aromatic rings. The van der Waals surface area contributed by atoms with Gasteiger partial charge in [0, 0.05) is 26.1 Å². The van der Waals surface area contributed by atoms with Crippen LogP contribution in [0.4, 0.5) is 0 Å². The van der Waals surface area contributed by atoms with Gasteiger partial charge < -0.3 is 10.1 Å². The average Bonchev–Trinajstić information content (AvgIpc) is 3.23. The van der Waals surface area contributed by atoms with Crippen molar-refractivity contribution in [2.75, 3.05) is 38.6 Å². The van der Waals surface area contributed by atoms with Crippen LogP contribution in [0, 0.1) is 6.92 Å². The monoisotopic (exact) mass is 408 g/mol. The van der Waals surface area contributed by atoms with Crippen LogP contribution >= 0.6 is 0 Å². The van der Waals surface area contributed by atoms with Gasteiger partial charge in [-0.15, -0.1) is 0 Å². The van der Waals surface area contributed by atoms with Gasteiger partial charge in [-0.05, 0) is 25.3 Å². The Morgan fingerprint density at radius 2 is 1.82 bits per heavy atom. The number of nitrogens with one attached hydrogen (secondary N) is 1. The first-order valence-corrected chi connectivity index (χ1v) is 12.0. The minimum absolute atomic E-state index is 0.0320. The Hall–Kier alpha value is -1.44. The predicted molar refractivity (Wildman–Crippen MR) is 110 cm³/mol. The SMILES string of the molecule is Cc1ccc([C@@H](CN2CCOCC2)NC(=O)CCS(=O)(=O)C2CCCC2)cc1. The highest BCUT2D eigenvalue weighted by Gasteiger charge is 2.29. The first-order valence-electron chi connectivity index (χ1n) is 10.3. The summed E-state index contributed by atoms with van der Waals surface area (Å²) in [6, 6.07) is 8.00. The Labute approximate surface area is 168 Å². The molecule has 1 saturated heterocycles. The molecular formula is C21H32N2O4S. The number of aryl methyl sites for hydroxylation is 1. The fraction of sp³-hybridized carbons (Fsp3) is 0.667. The lowest BCUT2D eigenvalue weighted by Gasteiger charge is -2.31. The fourth-order valence-electron chi connectivity index (χ4n) is 3.99. The number of rotatable bonds is 8. The van der Waals surface area contributed by atoms with Gasteiger partial charge >= 0.3 is 0 Å². The molecule has 7 heteroatoms. The number of benzene rings is 1. The summed E-state index contributed by atoms with van der Waals surface area (Å²) in [7, 11) is -3.18. The molecule has 1 aliphatic carbocycles. The van der Waals surface area contributed by atoms with E-state index in [0.29, 0.717) is 19.8 Å². The van der Waals surface area contributed by atoms with E-state index in [1.165, 1.54) is 5.56 Å². The first kappa shape index (κ1) is 21.3. The zero-order valence-corrected chi connectivity index (χ0v) is 17.5. The van der Waals surface area contributed by atoms with Gasteiger partial charge in [-0.1, -0.05) is 42.7 Å². The minimum Gasteiger partial charge on any atom is -0.379 e. The quantitative estimate of drug-likeness (QED) is 0.714. The molecule has 0 spiro atoms. The number of sulfone groups is 1. The van der Waals surface area contributed by atoms with E-state index in [2.05, 4.69) is 10.2 Å². The van der Waals surface area contributed by atoms with Crippen LogP contribution in [0.5, 0.6) is 0 Å². The van der Waals surface area contributed by atoms with Crippen molar-refractivity contribution >= 4 is 15.7 Å². The van der Waals surface area contributed by atoms with E-state index in [-0.39, 0.29) is 29.4 Å². The molecule has 1 heterocycles. The average molecular weight is 409 g/mol. The molecule has 1 aromatic carbocycles. The van der Waals surface area contributed by atoms with Crippen LogP contribution in [0.1, 0.15) is 49.3 Å². The van der Waals surface area contributed by atoms with Gasteiger partial charge in [0.15, 0.2) is 9.84 Å². The number of nitrogens with zero attached hydrogens (tertiary/aromatic N) is 1. The Kier molecular flexibility index (Phi) is 7.48. The van der Waals surface area contributed by atoms with Crippen LogP contribution in [0.3, 0.4) is 0 Å². The lowest BCUT2D eigenvalue weighted by Crippen LogP contribution is -2.43. The third-order valence-electron chi connectivity index (χ3n) is 5.78. The summed E-state index contributed by atoms with van der Waals surface area (Å²) >= 11 is 0. The Balaban J connectivity index is 1.60. The molecule has 0 radical (unpaired) electrons. The van der Waals surface area contributed by atoms with E-state index >= 15 is 0 Å². The summed E-state index contributed by atoms with van der Waals surface area (Å²) in [5, 5.41) is 2.83. The van der Waals surface area contributed by atoms with Crippen LogP contribution in [0.2, 0.25) is 0 Å². The summed E-state index contributed by atoms with van der Waals surface area (Å²) in [4.78, 5) is 14.9. The second-order valence-corrected chi connectivity index (χ2v) is 10.4. The number of ether oxygens (including phenoxy) is 1. The van der Waals surface area contributed by atoms with Crippen molar-refractivity contribution in [3.63, 3.8) is 0 Å². The highest BCUT2D eigenvalue weighted by molar-refractivity contribution is 7.92. The molecular weight excluding hydrogens is 376 g/mol. The van der Waals surface area contributed by atoms with Gasteiger partial charge in [-0.25, -0.2) is 8.42 Å². The van der Waals surface area contributed by atoms with Gasteiger partial charge in [0.2, 0.25) is 5.91 Å². The van der Waals surface area contributed by atoms with Crippen molar-refractivity contribution in [1.29, 1.82) is 0 Å². The molecule has 3 rings (SSSR count). The van der Waals surface area contributed by atoms with Crippen molar-refractivity contribution < 1.29 is 17.9 Å². The van der Waals surface area contributed by atoms with Gasteiger partial charge in [0.05, 0.1) is 30.3 Å². The maximum absolute atomic E-state index is 12.6. The number of hydrogen-bond acceptors (Lipinski definition) is 5. The number of morpholine rings is 1. The molecule has 1 aliphatic heterocycles. The number of carbonyl (C=O) groups is 1. The first-order chi connectivity index (χ1) is 13.4. The predicted octanol–water partition coefficient (Wildman–Crippen LogP) is 2.23.